The van der Waals surface area contributed by atoms with Crippen LogP contribution in [0.4, 0.5) is 0 Å². The van der Waals surface area contributed by atoms with E-state index in [0.717, 1.165) is 11.1 Å². The van der Waals surface area contributed by atoms with E-state index in [2.05, 4.69) is 5.16 Å². The van der Waals surface area contributed by atoms with Gasteiger partial charge in [0.25, 0.3) is 0 Å². The summed E-state index contributed by atoms with van der Waals surface area (Å²) in [5, 5.41) is 4.01. The van der Waals surface area contributed by atoms with Crippen LogP contribution in [-0.4, -0.2) is 50.7 Å². The third-order valence-corrected chi connectivity index (χ3v) is 8.36. The fraction of sp³-hybridized carbons (Fsp3) is 0.591. The summed E-state index contributed by atoms with van der Waals surface area (Å²) in [5.41, 5.74) is 3.09. The number of rotatable bonds is 6. The summed E-state index contributed by atoms with van der Waals surface area (Å²) >= 11 is 0. The lowest BCUT2D eigenvalue weighted by atomic mass is 9.53. The molecule has 0 saturated heterocycles. The molecule has 164 valence electrons. The van der Waals surface area contributed by atoms with Gasteiger partial charge in [0.2, 0.25) is 10.0 Å². The van der Waals surface area contributed by atoms with Gasteiger partial charge in [-0.15, -0.1) is 0 Å². The number of carbonyl (C=O) groups excluding carboxylic acids is 2. The zero-order valence-corrected chi connectivity index (χ0v) is 19.4. The third kappa shape index (κ3) is 3.39. The number of hydrogen-bond acceptors (Lipinski definition) is 6. The lowest BCUT2D eigenvalue weighted by molar-refractivity contribution is -0.135. The Balaban J connectivity index is 2.03. The molecule has 30 heavy (non-hydrogen) atoms. The van der Waals surface area contributed by atoms with Crippen LogP contribution in [0.2, 0.25) is 0 Å². The van der Waals surface area contributed by atoms with Gasteiger partial charge in [-0.1, -0.05) is 18.1 Å². The maximum atomic E-state index is 13.1. The maximum absolute atomic E-state index is 13.1. The normalized spacial score (nSPS) is 24.2. The summed E-state index contributed by atoms with van der Waals surface area (Å²) in [4.78, 5) is 31.5. The largest absolute Gasteiger partial charge is 0.396 e. The average molecular weight is 435 g/mol. The smallest absolute Gasteiger partial charge is 0.243 e. The minimum absolute atomic E-state index is 0.158. The van der Waals surface area contributed by atoms with E-state index in [1.807, 2.05) is 13.0 Å². The van der Waals surface area contributed by atoms with E-state index in [0.29, 0.717) is 36.3 Å². The predicted molar refractivity (Wildman–Crippen MR) is 114 cm³/mol. The molecule has 1 aromatic rings. The lowest BCUT2D eigenvalue weighted by Gasteiger charge is -2.48. The zero-order chi connectivity index (χ0) is 22.4. The van der Waals surface area contributed by atoms with Crippen LogP contribution in [0.25, 0.3) is 0 Å². The van der Waals surface area contributed by atoms with E-state index in [1.54, 1.807) is 20.8 Å². The van der Waals surface area contributed by atoms with Gasteiger partial charge in [0, 0.05) is 32.4 Å². The van der Waals surface area contributed by atoms with Gasteiger partial charge in [0.05, 0.1) is 10.6 Å². The average Bonchev–Trinajstić information content (AvgIpc) is 2.62. The Bertz CT molecular complexity index is 1020. The third-order valence-electron chi connectivity index (χ3n) is 6.26. The number of ketones is 2. The number of carbonyl (C=O) groups is 2. The van der Waals surface area contributed by atoms with E-state index < -0.39 is 21.4 Å². The molecule has 2 aliphatic rings. The minimum atomic E-state index is -3.64. The molecule has 0 N–H and O–H groups in total. The maximum Gasteiger partial charge on any atom is 0.243 e. The van der Waals surface area contributed by atoms with E-state index in [1.165, 1.54) is 18.4 Å². The zero-order valence-electron chi connectivity index (χ0n) is 18.5. The van der Waals surface area contributed by atoms with Crippen molar-refractivity contribution in [2.75, 3.05) is 20.7 Å². The van der Waals surface area contributed by atoms with Crippen LogP contribution in [0.1, 0.15) is 55.4 Å². The van der Waals surface area contributed by atoms with Crippen LogP contribution in [-0.2, 0) is 36.3 Å². The summed E-state index contributed by atoms with van der Waals surface area (Å²) in [5.74, 6) is -1.17. The molecule has 1 spiro atoms. The molecular weight excluding hydrogens is 404 g/mol. The first kappa shape index (κ1) is 22.6. The highest BCUT2D eigenvalue weighted by atomic mass is 32.2. The molecule has 3 rings (SSSR count). The number of fused-ring (bicyclic) bond motifs is 2. The van der Waals surface area contributed by atoms with Gasteiger partial charge >= 0.3 is 0 Å². The first-order valence-electron chi connectivity index (χ1n) is 10.3. The van der Waals surface area contributed by atoms with Gasteiger partial charge in [-0.3, -0.25) is 9.59 Å². The number of hydrogen-bond donors (Lipinski definition) is 0. The molecule has 1 saturated carbocycles. The highest BCUT2D eigenvalue weighted by Gasteiger charge is 2.54. The number of Topliss-reactive ketones (excluding diaryl/α,β-unsaturated/α-hetero) is 2. The van der Waals surface area contributed by atoms with E-state index in [9.17, 15) is 18.0 Å². The Morgan fingerprint density at radius 1 is 1.17 bits per heavy atom. The first-order valence-corrected chi connectivity index (χ1v) is 11.7. The highest BCUT2D eigenvalue weighted by molar-refractivity contribution is 7.89. The second-order valence-corrected chi connectivity index (χ2v) is 10.6. The SMILES string of the molecule is CCO/N=C(/CC)C1C(=O)CC2(CC1=O)Cc1cc(C)c(S(=O)(=O)N(C)C)c(C)c12. The summed E-state index contributed by atoms with van der Waals surface area (Å²) in [6, 6.07) is 1.89. The van der Waals surface area contributed by atoms with Gasteiger partial charge in [-0.25, -0.2) is 12.7 Å². The molecule has 2 aliphatic carbocycles. The van der Waals surface area contributed by atoms with E-state index >= 15 is 0 Å². The molecule has 1 aromatic carbocycles. The van der Waals surface area contributed by atoms with Crippen molar-refractivity contribution in [2.24, 2.45) is 11.1 Å². The van der Waals surface area contributed by atoms with Crippen molar-refractivity contribution < 1.29 is 22.8 Å². The molecular formula is C22H30N2O5S. The van der Waals surface area contributed by atoms with Gasteiger partial charge in [-0.2, -0.15) is 0 Å². The molecule has 0 radical (unpaired) electrons. The van der Waals surface area contributed by atoms with Crippen molar-refractivity contribution in [1.82, 2.24) is 4.31 Å². The molecule has 0 unspecified atom stereocenters. The topological polar surface area (TPSA) is 93.1 Å². The highest BCUT2D eigenvalue weighted by Crippen LogP contribution is 2.53. The quantitative estimate of drug-likeness (QED) is 0.390. The Kier molecular flexibility index (Phi) is 5.95. The van der Waals surface area contributed by atoms with Crippen LogP contribution in [0.5, 0.6) is 0 Å². The molecule has 0 atom stereocenters. The fourth-order valence-electron chi connectivity index (χ4n) is 5.11. The van der Waals surface area contributed by atoms with E-state index in [-0.39, 0.29) is 29.3 Å². The Morgan fingerprint density at radius 3 is 2.27 bits per heavy atom. The van der Waals surface area contributed by atoms with Crippen LogP contribution >= 0.6 is 0 Å². The summed E-state index contributed by atoms with van der Waals surface area (Å²) in [7, 11) is -0.626. The van der Waals surface area contributed by atoms with Crippen molar-refractivity contribution in [3.63, 3.8) is 0 Å². The Labute approximate surface area is 178 Å². The van der Waals surface area contributed by atoms with Crippen LogP contribution in [0.15, 0.2) is 16.1 Å². The van der Waals surface area contributed by atoms with E-state index in [4.69, 9.17) is 4.84 Å². The second-order valence-electron chi connectivity index (χ2n) is 8.50. The number of aryl methyl sites for hydroxylation is 1. The molecule has 0 aliphatic heterocycles. The first-order chi connectivity index (χ1) is 14.0. The number of nitrogens with zero attached hydrogens (tertiary/aromatic N) is 2. The van der Waals surface area contributed by atoms with Crippen LogP contribution in [0.3, 0.4) is 0 Å². The molecule has 1 fully saturated rings. The molecule has 0 bridgehead atoms. The van der Waals surface area contributed by atoms with Crippen LogP contribution in [0, 0.1) is 19.8 Å². The van der Waals surface area contributed by atoms with Crippen molar-refractivity contribution in [2.45, 2.75) is 63.7 Å². The van der Waals surface area contributed by atoms with Crippen molar-refractivity contribution in [3.05, 3.63) is 28.3 Å². The Morgan fingerprint density at radius 2 is 1.77 bits per heavy atom. The predicted octanol–water partition coefficient (Wildman–Crippen LogP) is 2.70. The summed E-state index contributed by atoms with van der Waals surface area (Å²) in [6.45, 7) is 7.60. The van der Waals surface area contributed by atoms with Gasteiger partial charge in [0.15, 0.2) is 0 Å². The van der Waals surface area contributed by atoms with Gasteiger partial charge in [-0.05, 0) is 55.9 Å². The Hall–Kier alpha value is -2.06. The van der Waals surface area contributed by atoms with Crippen molar-refractivity contribution in [1.29, 1.82) is 0 Å². The van der Waals surface area contributed by atoms with Gasteiger partial charge in [0.1, 0.15) is 24.1 Å². The second kappa shape index (κ2) is 7.89. The lowest BCUT2D eigenvalue weighted by Crippen LogP contribution is -2.52. The van der Waals surface area contributed by atoms with Crippen LogP contribution < -0.4 is 0 Å². The number of oxime groups is 1. The van der Waals surface area contributed by atoms with Crippen molar-refractivity contribution >= 4 is 27.3 Å². The minimum Gasteiger partial charge on any atom is -0.396 e. The monoisotopic (exact) mass is 434 g/mol. The summed E-state index contributed by atoms with van der Waals surface area (Å²) in [6.07, 6.45) is 1.51. The number of benzene rings is 1. The van der Waals surface area contributed by atoms with Gasteiger partial charge < -0.3 is 4.84 Å². The number of sulfonamides is 1. The van der Waals surface area contributed by atoms with Crippen molar-refractivity contribution in [3.8, 4) is 0 Å². The molecule has 0 amide bonds. The summed E-state index contributed by atoms with van der Waals surface area (Å²) < 4.78 is 27.0. The molecule has 8 heteroatoms. The fourth-order valence-corrected chi connectivity index (χ4v) is 6.43. The molecule has 0 aromatic heterocycles. The standard InChI is InChI=1S/C22H30N2O5S/c1-7-16(23-29-8-2)19-17(25)11-22(12-18(19)26)10-15-9-13(3)21(14(4)20(15)22)30(27,28)24(5)6/h9,19H,7-8,10-12H2,1-6H3/b23-16-. The molecule has 7 nitrogen and oxygen atoms in total. The molecule has 0 heterocycles.